The van der Waals surface area contributed by atoms with Gasteiger partial charge in [-0.05, 0) is 36.8 Å². The average Bonchev–Trinajstić information content (AvgIpc) is 3.13. The van der Waals surface area contributed by atoms with Crippen LogP contribution in [-0.4, -0.2) is 18.7 Å². The topological polar surface area (TPSA) is 61.6 Å². The summed E-state index contributed by atoms with van der Waals surface area (Å²) in [5, 5.41) is 2.42. The molecule has 2 aromatic carbocycles. The molecule has 4 rings (SSSR count). The Morgan fingerprint density at radius 3 is 2.59 bits per heavy atom. The molecule has 0 saturated carbocycles. The van der Waals surface area contributed by atoms with Crippen LogP contribution in [0.5, 0.6) is 11.5 Å². The number of hydrogen-bond acceptors (Lipinski definition) is 6. The van der Waals surface area contributed by atoms with Crippen molar-refractivity contribution in [2.45, 2.75) is 6.92 Å². The van der Waals surface area contributed by atoms with Crippen LogP contribution in [0.1, 0.15) is 6.92 Å². The van der Waals surface area contributed by atoms with E-state index in [2.05, 4.69) is 4.98 Å². The highest BCUT2D eigenvalue weighted by Gasteiger charge is 2.17. The molecule has 0 aliphatic heterocycles. The van der Waals surface area contributed by atoms with Gasteiger partial charge < -0.3 is 13.9 Å². The molecule has 27 heavy (non-hydrogen) atoms. The Morgan fingerprint density at radius 2 is 1.85 bits per heavy atom. The fraction of sp³-hybridized carbons (Fsp3) is 0.143. The van der Waals surface area contributed by atoms with E-state index in [1.807, 2.05) is 54.8 Å². The molecular formula is C21H17NO4S. The zero-order valence-electron chi connectivity index (χ0n) is 14.9. The summed E-state index contributed by atoms with van der Waals surface area (Å²) >= 11 is 1.42. The number of thiophene rings is 1. The van der Waals surface area contributed by atoms with E-state index >= 15 is 0 Å². The van der Waals surface area contributed by atoms with Crippen molar-refractivity contribution in [2.24, 2.45) is 0 Å². The molecule has 0 fully saturated rings. The van der Waals surface area contributed by atoms with Gasteiger partial charge in [-0.1, -0.05) is 24.3 Å². The van der Waals surface area contributed by atoms with Gasteiger partial charge in [0.1, 0.15) is 21.7 Å². The van der Waals surface area contributed by atoms with Crippen molar-refractivity contribution in [2.75, 3.05) is 13.7 Å². The van der Waals surface area contributed by atoms with Crippen LogP contribution in [0.3, 0.4) is 0 Å². The summed E-state index contributed by atoms with van der Waals surface area (Å²) in [4.78, 5) is 17.9. The van der Waals surface area contributed by atoms with Crippen LogP contribution in [0.15, 0.2) is 63.1 Å². The fourth-order valence-electron chi connectivity index (χ4n) is 2.93. The molecule has 0 spiro atoms. The molecule has 0 saturated heterocycles. The maximum absolute atomic E-state index is 12.7. The number of aromatic nitrogens is 1. The molecule has 0 bridgehead atoms. The second-order valence-corrected chi connectivity index (χ2v) is 6.65. The molecule has 136 valence electrons. The molecular weight excluding hydrogens is 362 g/mol. The van der Waals surface area contributed by atoms with Crippen molar-refractivity contribution >= 4 is 21.6 Å². The van der Waals surface area contributed by atoms with E-state index in [0.29, 0.717) is 28.1 Å². The summed E-state index contributed by atoms with van der Waals surface area (Å²) in [6.07, 6.45) is 0. The molecule has 2 heterocycles. The van der Waals surface area contributed by atoms with Gasteiger partial charge in [0.2, 0.25) is 5.89 Å². The lowest BCUT2D eigenvalue weighted by molar-refractivity contribution is 0.340. The SMILES string of the molecule is CCOc1ccc(-c2csc3nc(-c4ccccc4OC)oc(=O)c23)cc1. The van der Waals surface area contributed by atoms with Crippen LogP contribution in [0, 0.1) is 0 Å². The van der Waals surface area contributed by atoms with Gasteiger partial charge in [0, 0.05) is 10.9 Å². The van der Waals surface area contributed by atoms with Crippen LogP contribution in [0.25, 0.3) is 32.8 Å². The number of benzene rings is 2. The van der Waals surface area contributed by atoms with Gasteiger partial charge in [0.25, 0.3) is 0 Å². The van der Waals surface area contributed by atoms with Crippen molar-refractivity contribution in [3.8, 4) is 34.1 Å². The highest BCUT2D eigenvalue weighted by molar-refractivity contribution is 7.17. The fourth-order valence-corrected chi connectivity index (χ4v) is 3.86. The summed E-state index contributed by atoms with van der Waals surface area (Å²) in [7, 11) is 1.57. The van der Waals surface area contributed by atoms with Gasteiger partial charge in [0.05, 0.1) is 19.3 Å². The van der Waals surface area contributed by atoms with E-state index < -0.39 is 5.63 Å². The Hall–Kier alpha value is -3.12. The van der Waals surface area contributed by atoms with Crippen molar-refractivity contribution in [3.05, 3.63) is 64.3 Å². The van der Waals surface area contributed by atoms with E-state index in [1.165, 1.54) is 11.3 Å². The highest BCUT2D eigenvalue weighted by Crippen LogP contribution is 2.34. The minimum Gasteiger partial charge on any atom is -0.496 e. The average molecular weight is 379 g/mol. The standard InChI is InChI=1S/C21H17NO4S/c1-3-25-14-10-8-13(9-11-14)16-12-27-20-18(16)21(23)26-19(22-20)15-6-4-5-7-17(15)24-2/h4-12H,3H2,1-2H3. The van der Waals surface area contributed by atoms with Gasteiger partial charge in [-0.15, -0.1) is 11.3 Å². The number of nitrogens with zero attached hydrogens (tertiary/aromatic N) is 1. The van der Waals surface area contributed by atoms with Gasteiger partial charge in [-0.3, -0.25) is 0 Å². The largest absolute Gasteiger partial charge is 0.496 e. The first-order chi connectivity index (χ1) is 13.2. The molecule has 4 aromatic rings. The number of hydrogen-bond donors (Lipinski definition) is 0. The number of rotatable bonds is 5. The van der Waals surface area contributed by atoms with Gasteiger partial charge in [-0.2, -0.15) is 0 Å². The zero-order chi connectivity index (χ0) is 18.8. The number of ether oxygens (including phenoxy) is 2. The summed E-state index contributed by atoms with van der Waals surface area (Å²) in [5.41, 5.74) is 1.97. The first kappa shape index (κ1) is 17.3. The van der Waals surface area contributed by atoms with Crippen LogP contribution < -0.4 is 15.1 Å². The third kappa shape index (κ3) is 3.19. The molecule has 0 amide bonds. The van der Waals surface area contributed by atoms with Gasteiger partial charge in [-0.25, -0.2) is 9.78 Å². The minimum absolute atomic E-state index is 0.255. The Balaban J connectivity index is 1.81. The first-order valence-corrected chi connectivity index (χ1v) is 9.38. The smallest absolute Gasteiger partial charge is 0.348 e. The Morgan fingerprint density at radius 1 is 1.07 bits per heavy atom. The van der Waals surface area contributed by atoms with Crippen LogP contribution >= 0.6 is 11.3 Å². The Kier molecular flexibility index (Phi) is 4.64. The van der Waals surface area contributed by atoms with Crippen molar-refractivity contribution in [1.29, 1.82) is 0 Å². The molecule has 2 aromatic heterocycles. The second kappa shape index (κ2) is 7.25. The van der Waals surface area contributed by atoms with Crippen LogP contribution in [-0.2, 0) is 0 Å². The molecule has 0 aliphatic rings. The van der Waals surface area contributed by atoms with E-state index in [-0.39, 0.29) is 5.89 Å². The summed E-state index contributed by atoms with van der Waals surface area (Å²) < 4.78 is 16.4. The second-order valence-electron chi connectivity index (χ2n) is 5.79. The summed E-state index contributed by atoms with van der Waals surface area (Å²) in [6, 6.07) is 15.0. The monoisotopic (exact) mass is 379 g/mol. The predicted molar refractivity (Wildman–Crippen MR) is 107 cm³/mol. The third-order valence-electron chi connectivity index (χ3n) is 4.18. The van der Waals surface area contributed by atoms with Gasteiger partial charge in [0.15, 0.2) is 0 Å². The summed E-state index contributed by atoms with van der Waals surface area (Å²) in [5.74, 6) is 1.66. The summed E-state index contributed by atoms with van der Waals surface area (Å²) in [6.45, 7) is 2.55. The maximum Gasteiger partial charge on any atom is 0.348 e. The minimum atomic E-state index is -0.411. The lowest BCUT2D eigenvalue weighted by Crippen LogP contribution is -2.03. The predicted octanol–water partition coefficient (Wildman–Crippen LogP) is 4.99. The van der Waals surface area contributed by atoms with Gasteiger partial charge >= 0.3 is 5.63 Å². The molecule has 6 heteroatoms. The Bertz CT molecular complexity index is 1150. The van der Waals surface area contributed by atoms with Crippen molar-refractivity contribution in [1.82, 2.24) is 4.98 Å². The molecule has 0 unspecified atom stereocenters. The van der Waals surface area contributed by atoms with Crippen molar-refractivity contribution < 1.29 is 13.9 Å². The van der Waals surface area contributed by atoms with E-state index in [4.69, 9.17) is 13.9 Å². The van der Waals surface area contributed by atoms with Crippen molar-refractivity contribution in [3.63, 3.8) is 0 Å². The lowest BCUT2D eigenvalue weighted by atomic mass is 10.1. The molecule has 0 aliphatic carbocycles. The number of para-hydroxylation sites is 1. The third-order valence-corrected chi connectivity index (χ3v) is 5.05. The highest BCUT2D eigenvalue weighted by atomic mass is 32.1. The quantitative estimate of drug-likeness (QED) is 0.489. The lowest BCUT2D eigenvalue weighted by Gasteiger charge is -2.06. The zero-order valence-corrected chi connectivity index (χ0v) is 15.7. The first-order valence-electron chi connectivity index (χ1n) is 8.50. The van der Waals surface area contributed by atoms with Crippen LogP contribution in [0.2, 0.25) is 0 Å². The van der Waals surface area contributed by atoms with Crippen LogP contribution in [0.4, 0.5) is 0 Å². The molecule has 0 radical (unpaired) electrons. The van der Waals surface area contributed by atoms with E-state index in [0.717, 1.165) is 16.9 Å². The molecule has 0 atom stereocenters. The normalized spacial score (nSPS) is 10.9. The number of methoxy groups -OCH3 is 1. The van der Waals surface area contributed by atoms with E-state index in [1.54, 1.807) is 13.2 Å². The number of fused-ring (bicyclic) bond motifs is 1. The maximum atomic E-state index is 12.7. The molecule has 0 N–H and O–H groups in total. The Labute approximate surface area is 159 Å². The molecule has 5 nitrogen and oxygen atoms in total. The van der Waals surface area contributed by atoms with E-state index in [9.17, 15) is 4.79 Å².